The number of amides is 5. The van der Waals surface area contributed by atoms with Gasteiger partial charge in [-0.15, -0.1) is 0 Å². The van der Waals surface area contributed by atoms with Crippen molar-refractivity contribution < 1.29 is 57.2 Å². The van der Waals surface area contributed by atoms with Crippen LogP contribution in [0.4, 0.5) is 14.4 Å². The van der Waals surface area contributed by atoms with Crippen molar-refractivity contribution in [2.45, 2.75) is 167 Å². The van der Waals surface area contributed by atoms with Crippen LogP contribution in [-0.2, 0) is 42.9 Å². The summed E-state index contributed by atoms with van der Waals surface area (Å²) in [6.45, 7) is 23.6. The van der Waals surface area contributed by atoms with Crippen LogP contribution in [0.1, 0.15) is 120 Å². The third-order valence-corrected chi connectivity index (χ3v) is 8.50. The molecular formula is C37H59N5O12. The number of carbonyl (C=O) groups is 7. The smallest absolute Gasteiger partial charge is 0.417 e. The van der Waals surface area contributed by atoms with Gasteiger partial charge >= 0.3 is 36.4 Å². The summed E-state index contributed by atoms with van der Waals surface area (Å²) in [5.74, 6) is -1.54. The largest absolute Gasteiger partial charge is 0.467 e. The van der Waals surface area contributed by atoms with Crippen LogP contribution in [-0.4, -0.2) is 125 Å². The second-order valence-electron chi connectivity index (χ2n) is 16.4. The standard InChI is InChI=1S/C13H20N2O4.C12H20N2O3.C12H19NO5/c1-13(2,3)19-12(17)15-9(11(16)18-5)7-6-8-10(15)14-4;1-12(2,3)17-11(16)14-8-5-4-6-9(14)10(15)13-7-8;1-12(2,3)18-11(16)13-8(10(15)17-4)6-5-7-9(13)14/h9-10H,6-8H2,1-3,5H3;8-9H,4-7H2,1-3H3,(H,13,15);8H,5-7H2,1-4H3. The molecule has 304 valence electrons. The van der Waals surface area contributed by atoms with E-state index in [1.165, 1.54) is 19.1 Å². The molecule has 4 heterocycles. The Morgan fingerprint density at radius 2 is 1.15 bits per heavy atom. The molecule has 2 bridgehead atoms. The predicted octanol–water partition coefficient (Wildman–Crippen LogP) is 4.94. The highest BCUT2D eigenvalue weighted by Gasteiger charge is 2.45. The fourth-order valence-corrected chi connectivity index (χ4v) is 6.27. The third kappa shape index (κ3) is 13.3. The van der Waals surface area contributed by atoms with Crippen molar-refractivity contribution in [3.8, 4) is 0 Å². The first-order valence-corrected chi connectivity index (χ1v) is 18.3. The number of nitrogens with zero attached hydrogens (tertiary/aromatic N) is 4. The molecule has 4 rings (SSSR count). The van der Waals surface area contributed by atoms with Crippen LogP contribution in [0.15, 0.2) is 0 Å². The average molecular weight is 766 g/mol. The molecule has 0 aromatic heterocycles. The van der Waals surface area contributed by atoms with Crippen molar-refractivity contribution in [3.05, 3.63) is 11.4 Å². The Morgan fingerprint density at radius 3 is 1.67 bits per heavy atom. The molecule has 5 atom stereocenters. The van der Waals surface area contributed by atoms with Gasteiger partial charge in [-0.2, -0.15) is 0 Å². The van der Waals surface area contributed by atoms with Crippen LogP contribution < -0.4 is 5.32 Å². The number of piperidine rings is 3. The van der Waals surface area contributed by atoms with E-state index in [1.807, 2.05) is 20.8 Å². The van der Waals surface area contributed by atoms with Gasteiger partial charge in [-0.3, -0.25) is 19.3 Å². The third-order valence-electron chi connectivity index (χ3n) is 8.50. The normalized spacial score (nSPS) is 24.1. The zero-order chi connectivity index (χ0) is 41.2. The highest BCUT2D eigenvalue weighted by atomic mass is 16.6. The summed E-state index contributed by atoms with van der Waals surface area (Å²) in [7, 11) is 2.51. The molecule has 5 amide bonds. The number of nitrogens with one attached hydrogen (secondary N) is 1. The van der Waals surface area contributed by atoms with E-state index in [9.17, 15) is 33.6 Å². The highest BCUT2D eigenvalue weighted by molar-refractivity contribution is 5.97. The van der Waals surface area contributed by atoms with Crippen molar-refractivity contribution >= 4 is 42.0 Å². The van der Waals surface area contributed by atoms with Crippen LogP contribution in [0.2, 0.25) is 0 Å². The first kappa shape index (κ1) is 45.5. The van der Waals surface area contributed by atoms with Crippen molar-refractivity contribution in [2.75, 3.05) is 20.8 Å². The summed E-state index contributed by atoms with van der Waals surface area (Å²) in [5.41, 5.74) is -1.89. The van der Waals surface area contributed by atoms with E-state index < -0.39 is 65.1 Å². The summed E-state index contributed by atoms with van der Waals surface area (Å²) in [4.78, 5) is 90.1. The van der Waals surface area contributed by atoms with E-state index in [0.717, 1.165) is 24.2 Å². The maximum atomic E-state index is 12.2. The number of hydrogen-bond donors (Lipinski definition) is 1. The van der Waals surface area contributed by atoms with Gasteiger partial charge in [0.05, 0.1) is 20.3 Å². The van der Waals surface area contributed by atoms with Gasteiger partial charge in [-0.25, -0.2) is 40.3 Å². The molecular weight excluding hydrogens is 706 g/mol. The molecule has 4 saturated heterocycles. The minimum atomic E-state index is -0.869. The lowest BCUT2D eigenvalue weighted by Crippen LogP contribution is -2.64. The van der Waals surface area contributed by atoms with Gasteiger partial charge in [-0.1, -0.05) is 0 Å². The van der Waals surface area contributed by atoms with Crippen molar-refractivity contribution in [3.63, 3.8) is 0 Å². The number of esters is 2. The Balaban J connectivity index is 0.000000280. The van der Waals surface area contributed by atoms with Crippen LogP contribution in [0.5, 0.6) is 0 Å². The first-order chi connectivity index (χ1) is 24.9. The molecule has 0 saturated carbocycles. The van der Waals surface area contributed by atoms with Gasteiger partial charge in [0.1, 0.15) is 34.9 Å². The number of piperazine rings is 1. The van der Waals surface area contributed by atoms with Gasteiger partial charge in [0.25, 0.3) is 0 Å². The van der Waals surface area contributed by atoms with Crippen molar-refractivity contribution in [1.29, 1.82) is 0 Å². The summed E-state index contributed by atoms with van der Waals surface area (Å²) in [6, 6.07) is -1.84. The lowest BCUT2D eigenvalue weighted by Gasteiger charge is -2.45. The number of rotatable bonds is 2. The minimum Gasteiger partial charge on any atom is -0.467 e. The molecule has 0 aliphatic carbocycles. The average Bonchev–Trinajstić information content (AvgIpc) is 3.06. The van der Waals surface area contributed by atoms with E-state index >= 15 is 0 Å². The molecule has 17 heteroatoms. The lowest BCUT2D eigenvalue weighted by atomic mass is 9.92. The van der Waals surface area contributed by atoms with Gasteiger partial charge in [-0.05, 0) is 107 Å². The zero-order valence-electron chi connectivity index (χ0n) is 33.6. The molecule has 5 unspecified atom stereocenters. The number of fused-ring (bicyclic) bond motifs is 2. The van der Waals surface area contributed by atoms with Crippen molar-refractivity contribution in [1.82, 2.24) is 20.0 Å². The maximum Gasteiger partial charge on any atom is 0.417 e. The number of likely N-dealkylation sites (tertiary alicyclic amines) is 2. The number of hydrogen-bond acceptors (Lipinski definition) is 12. The molecule has 0 aromatic carbocycles. The Hall–Kier alpha value is -4.62. The Kier molecular flexibility index (Phi) is 16.1. The van der Waals surface area contributed by atoms with E-state index in [4.69, 9.17) is 25.5 Å². The van der Waals surface area contributed by atoms with Gasteiger partial charge in [0, 0.05) is 19.4 Å². The second-order valence-corrected chi connectivity index (χ2v) is 16.4. The molecule has 0 spiro atoms. The topological polar surface area (TPSA) is 192 Å². The number of ether oxygens (including phenoxy) is 5. The summed E-state index contributed by atoms with van der Waals surface area (Å²) in [5, 5.41) is 2.84. The highest BCUT2D eigenvalue weighted by Crippen LogP contribution is 2.29. The molecule has 0 aromatic rings. The quantitative estimate of drug-likeness (QED) is 0.227. The SMILES string of the molecule is CC(C)(C)OC(=O)N1C2CCCC1C(=O)NC2.COC(=O)C1CCCC(=O)N1C(=O)OC(C)(C)C.[C-]#[N+]C1CCCC(C(=O)OC)N1C(=O)OC(C)(C)C. The van der Waals surface area contributed by atoms with Gasteiger partial charge < -0.3 is 29.0 Å². The monoisotopic (exact) mass is 765 g/mol. The summed E-state index contributed by atoms with van der Waals surface area (Å²) < 4.78 is 25.1. The fourth-order valence-electron chi connectivity index (χ4n) is 6.27. The van der Waals surface area contributed by atoms with E-state index in [2.05, 4.69) is 14.9 Å². The molecule has 0 radical (unpaired) electrons. The molecule has 4 fully saturated rings. The Morgan fingerprint density at radius 1 is 0.667 bits per heavy atom. The van der Waals surface area contributed by atoms with Crippen molar-refractivity contribution in [2.24, 2.45) is 0 Å². The van der Waals surface area contributed by atoms with Gasteiger partial charge in [0.15, 0.2) is 0 Å². The van der Waals surface area contributed by atoms with Crippen LogP contribution in [0, 0.1) is 6.57 Å². The Labute approximate surface area is 318 Å². The molecule has 1 N–H and O–H groups in total. The predicted molar refractivity (Wildman–Crippen MR) is 193 cm³/mol. The first-order valence-electron chi connectivity index (χ1n) is 18.3. The van der Waals surface area contributed by atoms with E-state index in [0.29, 0.717) is 38.6 Å². The van der Waals surface area contributed by atoms with E-state index in [-0.39, 0.29) is 30.5 Å². The maximum absolute atomic E-state index is 12.2. The molecule has 4 aliphatic heterocycles. The molecule has 4 aliphatic rings. The summed E-state index contributed by atoms with van der Waals surface area (Å²) in [6.07, 6.45) is 3.23. The zero-order valence-corrected chi connectivity index (χ0v) is 33.6. The van der Waals surface area contributed by atoms with Gasteiger partial charge in [0.2, 0.25) is 11.8 Å². The molecule has 54 heavy (non-hydrogen) atoms. The molecule has 17 nitrogen and oxygen atoms in total. The van der Waals surface area contributed by atoms with Crippen LogP contribution >= 0.6 is 0 Å². The number of methoxy groups -OCH3 is 2. The van der Waals surface area contributed by atoms with Crippen LogP contribution in [0.25, 0.3) is 4.85 Å². The minimum absolute atomic E-state index is 0.0493. The second kappa shape index (κ2) is 19.1. The van der Waals surface area contributed by atoms with E-state index in [1.54, 1.807) is 46.4 Å². The number of imide groups is 1. The lowest BCUT2D eigenvalue weighted by molar-refractivity contribution is -0.154. The number of carbonyl (C=O) groups excluding carboxylic acids is 7. The fraction of sp³-hybridized carbons (Fsp3) is 0.784. The van der Waals surface area contributed by atoms with Crippen LogP contribution in [0.3, 0.4) is 0 Å². The Bertz CT molecular complexity index is 1420. The summed E-state index contributed by atoms with van der Waals surface area (Å²) >= 11 is 0.